The summed E-state index contributed by atoms with van der Waals surface area (Å²) >= 11 is 0. The Bertz CT molecular complexity index is 510. The predicted octanol–water partition coefficient (Wildman–Crippen LogP) is 1.69. The van der Waals surface area contributed by atoms with Crippen LogP contribution in [0.25, 0.3) is 0 Å². The maximum absolute atomic E-state index is 12.3. The van der Waals surface area contributed by atoms with Gasteiger partial charge >= 0.3 is 0 Å². The number of nitrogens with two attached hydrogens (primary N) is 1. The number of amides is 1. The van der Waals surface area contributed by atoms with Crippen molar-refractivity contribution >= 4 is 5.91 Å². The highest BCUT2D eigenvalue weighted by Crippen LogP contribution is 2.35. The van der Waals surface area contributed by atoms with Gasteiger partial charge in [0.05, 0.1) is 5.54 Å². The molecule has 0 spiro atoms. The normalized spacial score (nSPS) is 19.6. The molecule has 1 aliphatic carbocycles. The van der Waals surface area contributed by atoms with Crippen LogP contribution >= 0.6 is 0 Å². The smallest absolute Gasteiger partial charge is 0.240 e. The van der Waals surface area contributed by atoms with Crippen LogP contribution in [-0.2, 0) is 11.3 Å². The van der Waals surface area contributed by atoms with E-state index in [1.165, 1.54) is 6.42 Å². The molecule has 5 nitrogen and oxygen atoms in total. The monoisotopic (exact) mass is 276 g/mol. The Morgan fingerprint density at radius 3 is 2.85 bits per heavy atom. The van der Waals surface area contributed by atoms with Crippen LogP contribution in [0.15, 0.2) is 18.2 Å². The van der Waals surface area contributed by atoms with Gasteiger partial charge in [0.15, 0.2) is 11.5 Å². The van der Waals surface area contributed by atoms with Gasteiger partial charge in [-0.3, -0.25) is 4.79 Å². The van der Waals surface area contributed by atoms with Gasteiger partial charge in [0.25, 0.3) is 0 Å². The molecule has 0 radical (unpaired) electrons. The molecule has 0 saturated heterocycles. The molecule has 1 saturated carbocycles. The van der Waals surface area contributed by atoms with Gasteiger partial charge in [-0.1, -0.05) is 31.4 Å². The Kier molecular flexibility index (Phi) is 3.53. The lowest BCUT2D eigenvalue weighted by Crippen LogP contribution is -2.54. The fraction of sp³-hybridized carbons (Fsp3) is 0.533. The third-order valence-corrected chi connectivity index (χ3v) is 4.12. The number of benzene rings is 1. The van der Waals surface area contributed by atoms with Crippen LogP contribution in [0.5, 0.6) is 11.5 Å². The van der Waals surface area contributed by atoms with Crippen molar-refractivity contribution in [3.8, 4) is 11.5 Å². The molecule has 0 unspecified atom stereocenters. The van der Waals surface area contributed by atoms with Crippen LogP contribution < -0.4 is 20.5 Å². The van der Waals surface area contributed by atoms with Gasteiger partial charge in [0.2, 0.25) is 12.7 Å². The van der Waals surface area contributed by atoms with Crippen molar-refractivity contribution in [3.05, 3.63) is 23.8 Å². The van der Waals surface area contributed by atoms with Crippen molar-refractivity contribution < 1.29 is 14.3 Å². The van der Waals surface area contributed by atoms with E-state index in [1.54, 1.807) is 0 Å². The van der Waals surface area contributed by atoms with Crippen LogP contribution in [0.2, 0.25) is 0 Å². The Morgan fingerprint density at radius 2 is 2.05 bits per heavy atom. The summed E-state index contributed by atoms with van der Waals surface area (Å²) in [7, 11) is 0. The van der Waals surface area contributed by atoms with Crippen LogP contribution in [-0.4, -0.2) is 18.2 Å². The van der Waals surface area contributed by atoms with Crippen molar-refractivity contribution in [1.82, 2.24) is 5.32 Å². The summed E-state index contributed by atoms with van der Waals surface area (Å²) in [6, 6.07) is 5.69. The number of rotatable bonds is 3. The van der Waals surface area contributed by atoms with Gasteiger partial charge in [-0.25, -0.2) is 0 Å². The fourth-order valence-electron chi connectivity index (χ4n) is 2.89. The van der Waals surface area contributed by atoms with Gasteiger partial charge in [-0.2, -0.15) is 0 Å². The Balaban J connectivity index is 1.65. The standard InChI is InChI=1S/C15H20N2O3/c16-15(7-2-1-3-8-15)14(18)17-9-11-5-4-6-12-13(11)20-10-19-12/h4-6H,1-3,7-10,16H2,(H,17,18). The predicted molar refractivity (Wildman–Crippen MR) is 74.4 cm³/mol. The molecule has 0 atom stereocenters. The summed E-state index contributed by atoms with van der Waals surface area (Å²) in [6.07, 6.45) is 4.77. The highest BCUT2D eigenvalue weighted by Gasteiger charge is 2.35. The minimum Gasteiger partial charge on any atom is -0.454 e. The summed E-state index contributed by atoms with van der Waals surface area (Å²) in [5, 5.41) is 2.94. The first-order valence-corrected chi connectivity index (χ1v) is 7.14. The number of carbonyl (C=O) groups excluding carboxylic acids is 1. The van der Waals surface area contributed by atoms with E-state index >= 15 is 0 Å². The molecular formula is C15H20N2O3. The maximum atomic E-state index is 12.3. The van der Waals surface area contributed by atoms with E-state index in [1.807, 2.05) is 18.2 Å². The largest absolute Gasteiger partial charge is 0.454 e. The SMILES string of the molecule is NC1(C(=O)NCc2cccc3c2OCO3)CCCCC1. The minimum atomic E-state index is -0.701. The van der Waals surface area contributed by atoms with Crippen LogP contribution in [0.3, 0.4) is 0 Å². The van der Waals surface area contributed by atoms with Crippen molar-refractivity contribution in [2.75, 3.05) is 6.79 Å². The first kappa shape index (κ1) is 13.2. The zero-order valence-corrected chi connectivity index (χ0v) is 11.5. The maximum Gasteiger partial charge on any atom is 0.240 e. The Morgan fingerprint density at radius 1 is 1.25 bits per heavy atom. The van der Waals surface area contributed by atoms with Crippen molar-refractivity contribution in [2.24, 2.45) is 5.73 Å². The topological polar surface area (TPSA) is 73.6 Å². The van der Waals surface area contributed by atoms with Gasteiger partial charge < -0.3 is 20.5 Å². The highest BCUT2D eigenvalue weighted by molar-refractivity contribution is 5.86. The molecule has 20 heavy (non-hydrogen) atoms. The van der Waals surface area contributed by atoms with Crippen molar-refractivity contribution in [1.29, 1.82) is 0 Å². The number of fused-ring (bicyclic) bond motifs is 1. The molecule has 3 rings (SSSR count). The minimum absolute atomic E-state index is 0.0614. The fourth-order valence-corrected chi connectivity index (χ4v) is 2.89. The van der Waals surface area contributed by atoms with E-state index in [4.69, 9.17) is 15.2 Å². The third kappa shape index (κ3) is 2.45. The van der Waals surface area contributed by atoms with Crippen molar-refractivity contribution in [2.45, 2.75) is 44.2 Å². The molecule has 1 heterocycles. The molecule has 1 aromatic rings. The number of carbonyl (C=O) groups is 1. The number of nitrogens with one attached hydrogen (secondary N) is 1. The van der Waals surface area contributed by atoms with E-state index in [2.05, 4.69) is 5.32 Å². The zero-order valence-electron chi connectivity index (χ0n) is 11.5. The van der Waals surface area contributed by atoms with E-state index in [0.29, 0.717) is 6.54 Å². The molecule has 1 fully saturated rings. The Hall–Kier alpha value is -1.75. The summed E-state index contributed by atoms with van der Waals surface area (Å²) in [5.41, 5.74) is 6.43. The second-order valence-electron chi connectivity index (χ2n) is 5.55. The summed E-state index contributed by atoms with van der Waals surface area (Å²) in [4.78, 5) is 12.3. The molecule has 2 aliphatic rings. The molecule has 0 aromatic heterocycles. The average Bonchev–Trinajstić information content (AvgIpc) is 2.94. The third-order valence-electron chi connectivity index (χ3n) is 4.12. The van der Waals surface area contributed by atoms with Crippen molar-refractivity contribution in [3.63, 3.8) is 0 Å². The van der Waals surface area contributed by atoms with E-state index < -0.39 is 5.54 Å². The summed E-state index contributed by atoms with van der Waals surface area (Å²) in [5.74, 6) is 1.40. The van der Waals surface area contributed by atoms with Gasteiger partial charge in [0.1, 0.15) is 0 Å². The zero-order chi connectivity index (χ0) is 14.0. The molecule has 1 aliphatic heterocycles. The second-order valence-corrected chi connectivity index (χ2v) is 5.55. The highest BCUT2D eigenvalue weighted by atomic mass is 16.7. The number of para-hydroxylation sites is 1. The Labute approximate surface area is 118 Å². The van der Waals surface area contributed by atoms with Crippen LogP contribution in [0.1, 0.15) is 37.7 Å². The molecule has 1 aromatic carbocycles. The van der Waals surface area contributed by atoms with E-state index in [9.17, 15) is 4.79 Å². The van der Waals surface area contributed by atoms with Gasteiger partial charge in [0, 0.05) is 12.1 Å². The molecule has 5 heteroatoms. The second kappa shape index (κ2) is 5.32. The average molecular weight is 276 g/mol. The molecule has 0 bridgehead atoms. The molecular weight excluding hydrogens is 256 g/mol. The number of hydrogen-bond acceptors (Lipinski definition) is 4. The molecule has 108 valence electrons. The lowest BCUT2D eigenvalue weighted by molar-refractivity contribution is -0.127. The molecule has 1 amide bonds. The van der Waals surface area contributed by atoms with Gasteiger partial charge in [-0.05, 0) is 18.9 Å². The quantitative estimate of drug-likeness (QED) is 0.881. The molecule has 3 N–H and O–H groups in total. The van der Waals surface area contributed by atoms with Gasteiger partial charge in [-0.15, -0.1) is 0 Å². The summed E-state index contributed by atoms with van der Waals surface area (Å²) < 4.78 is 10.8. The lowest BCUT2D eigenvalue weighted by atomic mass is 9.82. The van der Waals surface area contributed by atoms with E-state index in [-0.39, 0.29) is 12.7 Å². The van der Waals surface area contributed by atoms with Crippen LogP contribution in [0.4, 0.5) is 0 Å². The number of ether oxygens (including phenoxy) is 2. The number of hydrogen-bond donors (Lipinski definition) is 2. The van der Waals surface area contributed by atoms with E-state index in [0.717, 1.165) is 42.7 Å². The first-order chi connectivity index (χ1) is 9.69. The van der Waals surface area contributed by atoms with Crippen LogP contribution in [0, 0.1) is 0 Å². The summed E-state index contributed by atoms with van der Waals surface area (Å²) in [6.45, 7) is 0.658. The first-order valence-electron chi connectivity index (χ1n) is 7.14. The lowest BCUT2D eigenvalue weighted by Gasteiger charge is -2.31.